The summed E-state index contributed by atoms with van der Waals surface area (Å²) in [6.07, 6.45) is 8.29. The Morgan fingerprint density at radius 3 is 2.60 bits per heavy atom. The van der Waals surface area contributed by atoms with Crippen molar-refractivity contribution in [3.63, 3.8) is 0 Å². The summed E-state index contributed by atoms with van der Waals surface area (Å²) in [6.45, 7) is 0.173. The molecule has 1 saturated carbocycles. The second-order valence-electron chi connectivity index (χ2n) is 13.4. The minimum atomic E-state index is -1.22. The summed E-state index contributed by atoms with van der Waals surface area (Å²) >= 11 is 1.38. The van der Waals surface area contributed by atoms with Crippen molar-refractivity contribution in [1.82, 2.24) is 20.7 Å². The number of para-hydroxylation sites is 1. The molecule has 13 heteroatoms. The van der Waals surface area contributed by atoms with E-state index in [1.807, 2.05) is 54.6 Å². The van der Waals surface area contributed by atoms with Gasteiger partial charge in [0, 0.05) is 24.1 Å². The SMILES string of the molecule is COc1cccc(N[C@H]2CCCCC/C=C\[C@@H]3C[C@@]3(C(=O)NOc3ccccc3)NC(=O)[C@@H]3C[C@@H](Oc4nc5ccc(OC)cc5s4)CN3C2=O)c1. The maximum Gasteiger partial charge on any atom is 0.278 e. The first-order chi connectivity index (χ1) is 25.3. The van der Waals surface area contributed by atoms with Gasteiger partial charge in [-0.15, -0.1) is 0 Å². The number of aromatic nitrogens is 1. The fourth-order valence-corrected chi connectivity index (χ4v) is 7.88. The van der Waals surface area contributed by atoms with E-state index in [2.05, 4.69) is 27.2 Å². The van der Waals surface area contributed by atoms with Crippen LogP contribution in [0.15, 0.2) is 84.9 Å². The zero-order chi connectivity index (χ0) is 36.1. The van der Waals surface area contributed by atoms with Crippen LogP contribution in [0.2, 0.25) is 0 Å². The van der Waals surface area contributed by atoms with E-state index >= 15 is 0 Å². The fraction of sp³-hybridized carbons (Fsp3) is 0.385. The third-order valence-corrected chi connectivity index (χ3v) is 10.8. The first-order valence-corrected chi connectivity index (χ1v) is 18.5. The Kier molecular flexibility index (Phi) is 10.5. The molecule has 5 atom stereocenters. The lowest BCUT2D eigenvalue weighted by Crippen LogP contribution is -2.57. The summed E-state index contributed by atoms with van der Waals surface area (Å²) < 4.78 is 18.1. The average molecular weight is 726 g/mol. The highest BCUT2D eigenvalue weighted by Crippen LogP contribution is 2.46. The smallest absolute Gasteiger partial charge is 0.278 e. The van der Waals surface area contributed by atoms with Crippen LogP contribution in [0.1, 0.15) is 44.9 Å². The van der Waals surface area contributed by atoms with Crippen molar-refractivity contribution >= 4 is 45.0 Å². The largest absolute Gasteiger partial charge is 0.497 e. The van der Waals surface area contributed by atoms with Gasteiger partial charge in [-0.25, -0.2) is 4.98 Å². The summed E-state index contributed by atoms with van der Waals surface area (Å²) in [5.41, 5.74) is 2.85. The van der Waals surface area contributed by atoms with E-state index in [0.29, 0.717) is 35.3 Å². The highest BCUT2D eigenvalue weighted by molar-refractivity contribution is 7.20. The molecule has 0 radical (unpaired) electrons. The molecule has 0 bridgehead atoms. The van der Waals surface area contributed by atoms with Gasteiger partial charge >= 0.3 is 0 Å². The summed E-state index contributed by atoms with van der Waals surface area (Å²) in [5, 5.41) is 6.94. The number of hydrogen-bond acceptors (Lipinski definition) is 10. The quantitative estimate of drug-likeness (QED) is 0.148. The number of ether oxygens (including phenoxy) is 3. The van der Waals surface area contributed by atoms with Gasteiger partial charge in [0.15, 0.2) is 5.75 Å². The molecule has 3 heterocycles. The van der Waals surface area contributed by atoms with Crippen LogP contribution in [0.3, 0.4) is 0 Å². The van der Waals surface area contributed by atoms with Crippen LogP contribution in [0.25, 0.3) is 10.2 Å². The van der Waals surface area contributed by atoms with Gasteiger partial charge in [0.05, 0.1) is 31.0 Å². The minimum absolute atomic E-state index is 0.173. The summed E-state index contributed by atoms with van der Waals surface area (Å²) in [7, 11) is 3.21. The second kappa shape index (κ2) is 15.5. The molecular weight excluding hydrogens is 683 g/mol. The number of hydrogen-bond donors (Lipinski definition) is 3. The molecule has 2 fully saturated rings. The van der Waals surface area contributed by atoms with Crippen molar-refractivity contribution < 1.29 is 33.4 Å². The van der Waals surface area contributed by atoms with Gasteiger partial charge in [-0.05, 0) is 68.1 Å². The topological polar surface area (TPSA) is 140 Å². The number of allylic oxidation sites excluding steroid dienone is 1. The number of amides is 3. The zero-order valence-electron chi connectivity index (χ0n) is 29.2. The molecular formula is C39H43N5O7S. The van der Waals surface area contributed by atoms with E-state index in [4.69, 9.17) is 19.0 Å². The van der Waals surface area contributed by atoms with Gasteiger partial charge < -0.3 is 34.6 Å². The lowest BCUT2D eigenvalue weighted by molar-refractivity contribution is -0.141. The lowest BCUT2D eigenvalue weighted by Gasteiger charge is -2.30. The van der Waals surface area contributed by atoms with Gasteiger partial charge in [-0.3, -0.25) is 14.4 Å². The predicted molar refractivity (Wildman–Crippen MR) is 198 cm³/mol. The van der Waals surface area contributed by atoms with Crippen LogP contribution in [-0.4, -0.2) is 72.1 Å². The number of anilines is 1. The molecule has 0 spiro atoms. The molecule has 1 aliphatic carbocycles. The Balaban J connectivity index is 1.17. The number of carbonyl (C=O) groups is 3. The normalized spacial score (nSPS) is 25.4. The van der Waals surface area contributed by atoms with E-state index in [1.165, 1.54) is 11.3 Å². The van der Waals surface area contributed by atoms with Crippen LogP contribution in [0, 0.1) is 5.92 Å². The summed E-state index contributed by atoms with van der Waals surface area (Å²) in [6, 6.07) is 20.5. The van der Waals surface area contributed by atoms with Crippen LogP contribution >= 0.6 is 11.3 Å². The molecule has 1 saturated heterocycles. The average Bonchev–Trinajstić information content (AvgIpc) is 3.46. The highest BCUT2D eigenvalue weighted by atomic mass is 32.1. The number of nitrogens with one attached hydrogen (secondary N) is 3. The third kappa shape index (κ3) is 7.79. The van der Waals surface area contributed by atoms with Crippen molar-refractivity contribution in [3.05, 3.63) is 84.9 Å². The number of benzene rings is 3. The van der Waals surface area contributed by atoms with Crippen LogP contribution in [0.5, 0.6) is 22.4 Å². The molecule has 52 heavy (non-hydrogen) atoms. The number of rotatable bonds is 9. The maximum absolute atomic E-state index is 14.6. The molecule has 12 nitrogen and oxygen atoms in total. The molecule has 272 valence electrons. The Hall–Kier alpha value is -5.30. The molecule has 4 aromatic rings. The molecule has 2 aliphatic heterocycles. The second-order valence-corrected chi connectivity index (χ2v) is 14.4. The Bertz CT molecular complexity index is 1940. The first-order valence-electron chi connectivity index (χ1n) is 17.7. The van der Waals surface area contributed by atoms with E-state index in [1.54, 1.807) is 43.4 Å². The number of thiazole rings is 1. The fourth-order valence-electron chi connectivity index (χ4n) is 6.97. The van der Waals surface area contributed by atoms with E-state index < -0.39 is 35.5 Å². The van der Waals surface area contributed by atoms with Crippen molar-refractivity contribution in [2.75, 3.05) is 26.1 Å². The van der Waals surface area contributed by atoms with Crippen molar-refractivity contribution in [1.29, 1.82) is 0 Å². The Labute approximate surface area is 306 Å². The zero-order valence-corrected chi connectivity index (χ0v) is 30.0. The monoisotopic (exact) mass is 725 g/mol. The van der Waals surface area contributed by atoms with Crippen LogP contribution in [0.4, 0.5) is 5.69 Å². The van der Waals surface area contributed by atoms with Crippen molar-refractivity contribution in [2.24, 2.45) is 5.92 Å². The summed E-state index contributed by atoms with van der Waals surface area (Å²) in [4.78, 5) is 54.6. The number of methoxy groups -OCH3 is 2. The van der Waals surface area contributed by atoms with Gasteiger partial charge in [0.1, 0.15) is 35.2 Å². The number of nitrogens with zero attached hydrogens (tertiary/aromatic N) is 2. The van der Waals surface area contributed by atoms with Gasteiger partial charge in [-0.2, -0.15) is 5.48 Å². The Morgan fingerprint density at radius 2 is 1.77 bits per heavy atom. The molecule has 1 aromatic heterocycles. The Morgan fingerprint density at radius 1 is 0.962 bits per heavy atom. The van der Waals surface area contributed by atoms with E-state index in [0.717, 1.165) is 41.6 Å². The molecule has 0 unspecified atom stereocenters. The molecule has 3 amide bonds. The molecule has 7 rings (SSSR count). The van der Waals surface area contributed by atoms with E-state index in [9.17, 15) is 14.4 Å². The molecule has 3 N–H and O–H groups in total. The number of carbonyl (C=O) groups excluding carboxylic acids is 3. The van der Waals surface area contributed by atoms with Gasteiger partial charge in [0.25, 0.3) is 11.1 Å². The van der Waals surface area contributed by atoms with E-state index in [-0.39, 0.29) is 24.8 Å². The summed E-state index contributed by atoms with van der Waals surface area (Å²) in [5.74, 6) is 0.547. The minimum Gasteiger partial charge on any atom is -0.497 e. The van der Waals surface area contributed by atoms with Crippen LogP contribution < -0.4 is 35.2 Å². The van der Waals surface area contributed by atoms with Crippen LogP contribution in [-0.2, 0) is 14.4 Å². The van der Waals surface area contributed by atoms with Crippen molar-refractivity contribution in [3.8, 4) is 22.4 Å². The number of fused-ring (bicyclic) bond motifs is 3. The highest BCUT2D eigenvalue weighted by Gasteiger charge is 2.61. The number of hydroxylamine groups is 1. The van der Waals surface area contributed by atoms with Gasteiger partial charge in [0.2, 0.25) is 11.8 Å². The lowest BCUT2D eigenvalue weighted by atomic mass is 10.0. The molecule has 3 aliphatic rings. The standard InChI is InChI=1S/C39H43N5O7S/c1-48-28-16-11-13-26(20-28)40-32-17-10-5-3-4-7-12-25-23-39(25,37(47)43-51-27-14-8-6-9-15-27)42-35(45)33-21-30(24-44(33)36(32)46)50-38-41-31-19-18-29(49-2)22-34(31)52-38/h6-9,11-16,18-20,22,25,30,32-33,40H,3-5,10,17,21,23-24H2,1-2H3,(H,42,45)(H,43,47)/b12-7-/t25-,30-,32+,33+,39-/m1/s1. The molecule has 3 aromatic carbocycles. The van der Waals surface area contributed by atoms with Gasteiger partial charge in [-0.1, -0.05) is 60.6 Å². The third-order valence-electron chi connectivity index (χ3n) is 9.90. The first kappa shape index (κ1) is 35.1. The van der Waals surface area contributed by atoms with Crippen molar-refractivity contribution in [2.45, 2.75) is 68.7 Å². The maximum atomic E-state index is 14.6. The predicted octanol–water partition coefficient (Wildman–Crippen LogP) is 5.65.